The number of rotatable bonds is 6. The predicted molar refractivity (Wildman–Crippen MR) is 111 cm³/mol. The summed E-state index contributed by atoms with van der Waals surface area (Å²) in [7, 11) is 3.04. The van der Waals surface area contributed by atoms with Crippen LogP contribution in [0.15, 0.2) is 40.9 Å². The Balaban J connectivity index is 1.45. The second-order valence-electron chi connectivity index (χ2n) is 7.83. The smallest absolute Gasteiger partial charge is 0.322 e. The van der Waals surface area contributed by atoms with Crippen LogP contribution in [0.1, 0.15) is 21.7 Å². The molecule has 2 aliphatic rings. The number of amides is 4. The quantitative estimate of drug-likeness (QED) is 0.563. The average Bonchev–Trinajstić information content (AvgIpc) is 3.40. The Hall–Kier alpha value is -4.08. The van der Waals surface area contributed by atoms with Crippen LogP contribution in [0.2, 0.25) is 0 Å². The van der Waals surface area contributed by atoms with Gasteiger partial charge in [-0.2, -0.15) is 0 Å². The first kappa shape index (κ1) is 19.9. The highest BCUT2D eigenvalue weighted by molar-refractivity contribution is 6.08. The molecule has 5 rings (SSSR count). The van der Waals surface area contributed by atoms with Crippen molar-refractivity contribution in [1.29, 1.82) is 0 Å². The standard InChI is InChI=1S/C22H20N4O6/c1-30-14-4-3-12-10-26(19(27)16(12)6-14)11-22(20(28)24-21(29)25-22)8-15-5-13-9-23-18(31-2)7-17(13)32-15/h3-7,9H,8,10-11H2,1-2H3,(H2,24,25,28,29)/t22-/m1/s1. The number of benzene rings is 1. The van der Waals surface area contributed by atoms with E-state index in [1.54, 1.807) is 35.4 Å². The molecule has 0 saturated carbocycles. The zero-order valence-electron chi connectivity index (χ0n) is 17.4. The maximum Gasteiger partial charge on any atom is 0.322 e. The molecule has 4 amide bonds. The van der Waals surface area contributed by atoms with Crippen LogP contribution in [0.25, 0.3) is 11.0 Å². The predicted octanol–water partition coefficient (Wildman–Crippen LogP) is 1.62. The molecule has 0 aliphatic carbocycles. The van der Waals surface area contributed by atoms with Crippen LogP contribution >= 0.6 is 0 Å². The van der Waals surface area contributed by atoms with E-state index in [1.165, 1.54) is 14.2 Å². The highest BCUT2D eigenvalue weighted by Gasteiger charge is 2.49. The number of nitrogens with one attached hydrogen (secondary N) is 2. The number of hydrogen-bond donors (Lipinski definition) is 2. The van der Waals surface area contributed by atoms with Gasteiger partial charge in [-0.25, -0.2) is 9.78 Å². The van der Waals surface area contributed by atoms with Gasteiger partial charge in [-0.05, 0) is 23.8 Å². The largest absolute Gasteiger partial charge is 0.497 e. The Kier molecular flexibility index (Phi) is 4.50. The molecule has 0 unspecified atom stereocenters. The summed E-state index contributed by atoms with van der Waals surface area (Å²) in [6, 6.07) is 8.08. The van der Waals surface area contributed by atoms with Crippen molar-refractivity contribution in [3.63, 3.8) is 0 Å². The Morgan fingerprint density at radius 2 is 2.00 bits per heavy atom. The van der Waals surface area contributed by atoms with E-state index in [1.807, 2.05) is 6.07 Å². The van der Waals surface area contributed by atoms with Crippen molar-refractivity contribution in [2.75, 3.05) is 20.8 Å². The molecule has 10 nitrogen and oxygen atoms in total. The SMILES string of the molecule is COc1ccc2c(c1)C(=O)N(C[C@@]1(Cc3cc4cnc(OC)cc4o3)NC(=O)NC1=O)C2. The van der Waals surface area contributed by atoms with Gasteiger partial charge in [0, 0.05) is 36.2 Å². The minimum Gasteiger partial charge on any atom is -0.497 e. The van der Waals surface area contributed by atoms with Gasteiger partial charge < -0.3 is 24.1 Å². The molecular weight excluding hydrogens is 416 g/mol. The molecule has 164 valence electrons. The van der Waals surface area contributed by atoms with Crippen molar-refractivity contribution in [3.05, 3.63) is 53.4 Å². The maximum absolute atomic E-state index is 13.0. The van der Waals surface area contributed by atoms with E-state index >= 15 is 0 Å². The number of aromatic nitrogens is 1. The van der Waals surface area contributed by atoms with Gasteiger partial charge in [0.1, 0.15) is 22.6 Å². The number of carbonyl (C=O) groups is 3. The van der Waals surface area contributed by atoms with Crippen LogP contribution in [-0.4, -0.2) is 54.0 Å². The van der Waals surface area contributed by atoms with Crippen molar-refractivity contribution in [3.8, 4) is 11.6 Å². The number of imide groups is 1. The molecule has 0 bridgehead atoms. The lowest BCUT2D eigenvalue weighted by molar-refractivity contribution is -0.124. The summed E-state index contributed by atoms with van der Waals surface area (Å²) >= 11 is 0. The third kappa shape index (κ3) is 3.20. The van der Waals surface area contributed by atoms with Crippen molar-refractivity contribution in [1.82, 2.24) is 20.5 Å². The summed E-state index contributed by atoms with van der Waals surface area (Å²) in [5.74, 6) is 0.701. The van der Waals surface area contributed by atoms with E-state index in [0.29, 0.717) is 35.1 Å². The number of ether oxygens (including phenoxy) is 2. The number of pyridine rings is 1. The molecule has 2 aliphatic heterocycles. The lowest BCUT2D eigenvalue weighted by Crippen LogP contribution is -2.56. The monoisotopic (exact) mass is 436 g/mol. The Labute approximate surface area is 182 Å². The molecular formula is C22H20N4O6. The average molecular weight is 436 g/mol. The number of hydrogen-bond acceptors (Lipinski definition) is 7. The minimum atomic E-state index is -1.37. The van der Waals surface area contributed by atoms with E-state index in [4.69, 9.17) is 13.9 Å². The molecule has 1 saturated heterocycles. The fourth-order valence-electron chi connectivity index (χ4n) is 4.21. The third-order valence-electron chi connectivity index (χ3n) is 5.78. The van der Waals surface area contributed by atoms with Crippen LogP contribution < -0.4 is 20.1 Å². The van der Waals surface area contributed by atoms with E-state index in [-0.39, 0.29) is 18.9 Å². The number of fused-ring (bicyclic) bond motifs is 2. The summed E-state index contributed by atoms with van der Waals surface area (Å²) in [5, 5.41) is 5.73. The molecule has 3 aromatic rings. The molecule has 1 fully saturated rings. The highest BCUT2D eigenvalue weighted by Crippen LogP contribution is 2.31. The van der Waals surface area contributed by atoms with Crippen LogP contribution in [0, 0.1) is 0 Å². The number of nitrogens with zero attached hydrogens (tertiary/aromatic N) is 2. The van der Waals surface area contributed by atoms with Gasteiger partial charge in [0.25, 0.3) is 11.8 Å². The molecule has 2 aromatic heterocycles. The zero-order chi connectivity index (χ0) is 22.5. The molecule has 1 aromatic carbocycles. The van der Waals surface area contributed by atoms with Gasteiger partial charge in [0.2, 0.25) is 5.88 Å². The first-order chi connectivity index (χ1) is 15.4. The number of furan rings is 1. The Morgan fingerprint density at radius 3 is 2.72 bits per heavy atom. The molecule has 4 heterocycles. The summed E-state index contributed by atoms with van der Waals surface area (Å²) in [5.41, 5.74) is 0.525. The molecule has 2 N–H and O–H groups in total. The van der Waals surface area contributed by atoms with Gasteiger partial charge >= 0.3 is 6.03 Å². The third-order valence-corrected chi connectivity index (χ3v) is 5.78. The summed E-state index contributed by atoms with van der Waals surface area (Å²) in [4.78, 5) is 43.6. The van der Waals surface area contributed by atoms with Crippen molar-refractivity contribution in [2.45, 2.75) is 18.5 Å². The second kappa shape index (κ2) is 7.26. The Morgan fingerprint density at radius 1 is 1.16 bits per heavy atom. The topological polar surface area (TPSA) is 123 Å². The molecule has 32 heavy (non-hydrogen) atoms. The van der Waals surface area contributed by atoms with Gasteiger partial charge in [0.15, 0.2) is 0 Å². The first-order valence-corrected chi connectivity index (χ1v) is 9.93. The van der Waals surface area contributed by atoms with Crippen molar-refractivity contribution in [2.24, 2.45) is 0 Å². The molecule has 10 heteroatoms. The highest BCUT2D eigenvalue weighted by atomic mass is 16.5. The van der Waals surface area contributed by atoms with Gasteiger partial charge in [-0.15, -0.1) is 0 Å². The molecule has 0 spiro atoms. The second-order valence-corrected chi connectivity index (χ2v) is 7.83. The van der Waals surface area contributed by atoms with Gasteiger partial charge in [-0.1, -0.05) is 6.07 Å². The van der Waals surface area contributed by atoms with Crippen LogP contribution in [0.3, 0.4) is 0 Å². The van der Waals surface area contributed by atoms with Crippen LogP contribution in [0.4, 0.5) is 4.79 Å². The maximum atomic E-state index is 13.0. The van der Waals surface area contributed by atoms with Crippen molar-refractivity contribution < 1.29 is 28.3 Å². The van der Waals surface area contributed by atoms with Crippen LogP contribution in [-0.2, 0) is 17.8 Å². The van der Waals surface area contributed by atoms with E-state index in [2.05, 4.69) is 15.6 Å². The molecule has 1 atom stereocenters. The first-order valence-electron chi connectivity index (χ1n) is 9.93. The van der Waals surface area contributed by atoms with Gasteiger partial charge in [0.05, 0.1) is 20.8 Å². The number of carbonyl (C=O) groups excluding carboxylic acids is 3. The van der Waals surface area contributed by atoms with E-state index in [0.717, 1.165) is 10.9 Å². The normalized spacial score (nSPS) is 19.8. The Bertz CT molecular complexity index is 1270. The lowest BCUT2D eigenvalue weighted by Gasteiger charge is -2.30. The van der Waals surface area contributed by atoms with Crippen LogP contribution in [0.5, 0.6) is 11.6 Å². The number of urea groups is 1. The molecule has 0 radical (unpaired) electrons. The zero-order valence-corrected chi connectivity index (χ0v) is 17.4. The number of methoxy groups -OCH3 is 2. The fraction of sp³-hybridized carbons (Fsp3) is 0.273. The lowest BCUT2D eigenvalue weighted by atomic mass is 9.93. The van der Waals surface area contributed by atoms with E-state index < -0.39 is 17.5 Å². The van der Waals surface area contributed by atoms with Gasteiger partial charge in [-0.3, -0.25) is 14.9 Å². The summed E-state index contributed by atoms with van der Waals surface area (Å²) < 4.78 is 16.2. The van der Waals surface area contributed by atoms with E-state index in [9.17, 15) is 14.4 Å². The van der Waals surface area contributed by atoms with Crippen molar-refractivity contribution >= 4 is 28.8 Å². The fourth-order valence-corrected chi connectivity index (χ4v) is 4.21. The summed E-state index contributed by atoms with van der Waals surface area (Å²) in [6.45, 7) is 0.309. The minimum absolute atomic E-state index is 0.0149. The summed E-state index contributed by atoms with van der Waals surface area (Å²) in [6.07, 6.45) is 1.67.